The maximum atomic E-state index is 13.9. The smallest absolute Gasteiger partial charge is 0.309 e. The second-order valence-corrected chi connectivity index (χ2v) is 19.2. The first-order valence-electron chi connectivity index (χ1n) is 18.8. The number of fused-ring (bicyclic) bond motifs is 7. The number of esters is 1. The fourth-order valence-corrected chi connectivity index (χ4v) is 13.5. The van der Waals surface area contributed by atoms with Gasteiger partial charge in [-0.05, 0) is 114 Å². The molecule has 0 bridgehead atoms. The van der Waals surface area contributed by atoms with Gasteiger partial charge in [-0.1, -0.05) is 62.3 Å². The molecule has 8 heteroatoms. The van der Waals surface area contributed by atoms with E-state index in [9.17, 15) is 19.5 Å². The molecule has 1 aromatic rings. The number of ether oxygens (including phenoxy) is 1. The number of carboxylic acids is 1. The Morgan fingerprint density at radius 3 is 2.17 bits per heavy atom. The molecule has 7 rings (SSSR count). The van der Waals surface area contributed by atoms with Gasteiger partial charge >= 0.3 is 11.9 Å². The number of carboxylic acid groups (broad SMARTS) is 1. The number of ketones is 1. The number of hydrogen-bond donors (Lipinski definition) is 1. The van der Waals surface area contributed by atoms with Crippen molar-refractivity contribution in [3.8, 4) is 0 Å². The van der Waals surface area contributed by atoms with Gasteiger partial charge in [0.1, 0.15) is 6.10 Å². The predicted octanol–water partition coefficient (Wildman–Crippen LogP) is 8.27. The highest BCUT2D eigenvalue weighted by Crippen LogP contribution is 2.77. The highest BCUT2D eigenvalue weighted by molar-refractivity contribution is 6.01. The maximum absolute atomic E-state index is 13.9. The van der Waals surface area contributed by atoms with Crippen LogP contribution < -0.4 is 0 Å². The Hall–Kier alpha value is -2.51. The molecular weight excluding hydrogens is 604 g/mol. The number of allylic oxidation sites excluding steroid dienone is 2. The molecule has 1 heterocycles. The van der Waals surface area contributed by atoms with E-state index in [1.807, 2.05) is 20.8 Å². The Morgan fingerprint density at radius 2 is 1.56 bits per heavy atom. The Balaban J connectivity index is 1.18. The average Bonchev–Trinajstić information content (AvgIpc) is 3.55. The molecule has 264 valence electrons. The van der Waals surface area contributed by atoms with E-state index < -0.39 is 22.7 Å². The SMILES string of the molecule is Cc1nnc([C@@]23CC[C@]4(C)[C@H](CC[C@@H]5[C@@]6(C)CC[C@H](OC(=O)[C@H]7C[C@@H](C(=O)O)C7(C)C)C(C)(C)[C@@H]6CC[C@]54C)C2=C(C(C)C)C(=O)C3)o1. The van der Waals surface area contributed by atoms with Gasteiger partial charge < -0.3 is 14.3 Å². The number of nitrogens with zero attached hydrogens (tertiary/aromatic N) is 2. The number of aryl methyl sites for hydroxylation is 1. The Kier molecular flexibility index (Phi) is 7.43. The van der Waals surface area contributed by atoms with Crippen LogP contribution in [0.15, 0.2) is 15.6 Å². The number of carbonyl (C=O) groups excluding carboxylic acids is 2. The molecule has 0 saturated heterocycles. The number of hydrogen-bond acceptors (Lipinski definition) is 7. The lowest BCUT2D eigenvalue weighted by Gasteiger charge is -2.72. The first kappa shape index (κ1) is 34.0. The minimum Gasteiger partial charge on any atom is -0.481 e. The van der Waals surface area contributed by atoms with Crippen LogP contribution in [-0.2, 0) is 24.5 Å². The Labute approximate surface area is 286 Å². The van der Waals surface area contributed by atoms with Crippen molar-refractivity contribution in [2.75, 3.05) is 0 Å². The van der Waals surface area contributed by atoms with Crippen molar-refractivity contribution < 1.29 is 28.6 Å². The van der Waals surface area contributed by atoms with Crippen LogP contribution in [0.4, 0.5) is 0 Å². The molecule has 0 unspecified atom stereocenters. The van der Waals surface area contributed by atoms with Gasteiger partial charge in [-0.25, -0.2) is 0 Å². The van der Waals surface area contributed by atoms with Crippen LogP contribution in [0.1, 0.15) is 138 Å². The van der Waals surface area contributed by atoms with Crippen LogP contribution in [0.3, 0.4) is 0 Å². The summed E-state index contributed by atoms with van der Waals surface area (Å²) in [5.74, 6) is 0.961. The predicted molar refractivity (Wildman–Crippen MR) is 181 cm³/mol. The summed E-state index contributed by atoms with van der Waals surface area (Å²) >= 11 is 0. The maximum Gasteiger partial charge on any atom is 0.309 e. The molecule has 0 aliphatic heterocycles. The van der Waals surface area contributed by atoms with E-state index in [0.717, 1.165) is 56.9 Å². The molecule has 6 aliphatic carbocycles. The van der Waals surface area contributed by atoms with Gasteiger partial charge in [-0.3, -0.25) is 14.4 Å². The molecule has 48 heavy (non-hydrogen) atoms. The second-order valence-electron chi connectivity index (χ2n) is 19.2. The summed E-state index contributed by atoms with van der Waals surface area (Å²) in [5, 5.41) is 18.4. The van der Waals surface area contributed by atoms with E-state index in [0.29, 0.717) is 42.4 Å². The largest absolute Gasteiger partial charge is 0.481 e. The molecule has 0 aromatic carbocycles. The van der Waals surface area contributed by atoms with Crippen LogP contribution in [0.25, 0.3) is 0 Å². The normalized spacial score (nSPS) is 44.3. The first-order valence-corrected chi connectivity index (χ1v) is 18.8. The van der Waals surface area contributed by atoms with Crippen LogP contribution >= 0.6 is 0 Å². The van der Waals surface area contributed by atoms with Gasteiger partial charge in [0.25, 0.3) is 0 Å². The molecule has 10 atom stereocenters. The van der Waals surface area contributed by atoms with E-state index in [2.05, 4.69) is 58.7 Å². The zero-order valence-corrected chi connectivity index (χ0v) is 31.0. The Morgan fingerprint density at radius 1 is 0.854 bits per heavy atom. The van der Waals surface area contributed by atoms with Gasteiger partial charge in [0, 0.05) is 18.8 Å². The summed E-state index contributed by atoms with van der Waals surface area (Å²) in [6.07, 6.45) is 8.80. The molecular formula is C40H58N2O6. The van der Waals surface area contributed by atoms with Crippen LogP contribution in [0.5, 0.6) is 0 Å². The Bertz CT molecular complexity index is 1590. The van der Waals surface area contributed by atoms with E-state index in [-0.39, 0.29) is 51.4 Å². The fraction of sp³-hybridized carbons (Fsp3) is 0.825. The van der Waals surface area contributed by atoms with Crippen molar-refractivity contribution in [2.45, 2.75) is 145 Å². The summed E-state index contributed by atoms with van der Waals surface area (Å²) in [4.78, 5) is 39.1. The topological polar surface area (TPSA) is 120 Å². The number of Topliss-reactive ketones (excluding diaryl/α,β-unsaturated/α-hetero) is 1. The lowest BCUT2D eigenvalue weighted by Crippen LogP contribution is -2.66. The molecule has 6 aliphatic rings. The van der Waals surface area contributed by atoms with E-state index in [1.165, 1.54) is 5.57 Å². The molecule has 5 saturated carbocycles. The second kappa shape index (κ2) is 10.5. The van der Waals surface area contributed by atoms with Gasteiger partial charge in [0.15, 0.2) is 5.78 Å². The zero-order chi connectivity index (χ0) is 35.0. The monoisotopic (exact) mass is 662 g/mol. The summed E-state index contributed by atoms with van der Waals surface area (Å²) in [6.45, 7) is 22.3. The summed E-state index contributed by atoms with van der Waals surface area (Å²) < 4.78 is 12.6. The van der Waals surface area contributed by atoms with E-state index in [4.69, 9.17) is 9.15 Å². The molecule has 1 aromatic heterocycles. The minimum atomic E-state index is -0.823. The quantitative estimate of drug-likeness (QED) is 0.313. The van der Waals surface area contributed by atoms with Crippen LogP contribution in [0, 0.1) is 69.5 Å². The van der Waals surface area contributed by atoms with Crippen molar-refractivity contribution in [3.05, 3.63) is 22.9 Å². The summed E-state index contributed by atoms with van der Waals surface area (Å²) in [6, 6.07) is 0. The standard InChI is InChI=1S/C40H58N2O6/c1-21(2)30-26(43)20-40(34-42-41-22(3)47-34)18-17-38(9)23(31(30)40)11-12-28-37(8)15-14-29(36(6,7)27(37)13-16-39(28,38)10)48-33(46)25-19-24(32(44)45)35(25,4)5/h21,23-25,27-29H,11-20H2,1-10H3,(H,44,45)/t23-,24+,25-,27+,28-,29+,37+,38-,39-,40-/m1/s1. The summed E-state index contributed by atoms with van der Waals surface area (Å²) in [5.41, 5.74) is 1.33. The van der Waals surface area contributed by atoms with Crippen molar-refractivity contribution in [2.24, 2.45) is 62.6 Å². The molecule has 0 amide bonds. The van der Waals surface area contributed by atoms with Crippen molar-refractivity contribution in [1.82, 2.24) is 10.2 Å². The van der Waals surface area contributed by atoms with Gasteiger partial charge in [-0.2, -0.15) is 0 Å². The molecule has 0 spiro atoms. The zero-order valence-electron chi connectivity index (χ0n) is 31.0. The summed E-state index contributed by atoms with van der Waals surface area (Å²) in [7, 11) is 0. The van der Waals surface area contributed by atoms with Crippen molar-refractivity contribution in [1.29, 1.82) is 0 Å². The third-order valence-electron chi connectivity index (χ3n) is 16.4. The number of rotatable bonds is 5. The first-order chi connectivity index (χ1) is 22.3. The molecule has 0 radical (unpaired) electrons. The molecule has 5 fully saturated rings. The fourth-order valence-electron chi connectivity index (χ4n) is 13.5. The van der Waals surface area contributed by atoms with E-state index >= 15 is 0 Å². The third-order valence-corrected chi connectivity index (χ3v) is 16.4. The van der Waals surface area contributed by atoms with Crippen LogP contribution in [0.2, 0.25) is 0 Å². The van der Waals surface area contributed by atoms with Gasteiger partial charge in [-0.15, -0.1) is 10.2 Å². The van der Waals surface area contributed by atoms with Crippen molar-refractivity contribution >= 4 is 17.7 Å². The highest BCUT2D eigenvalue weighted by atomic mass is 16.5. The lowest BCUT2D eigenvalue weighted by atomic mass is 9.33. The number of aliphatic carboxylic acids is 1. The minimum absolute atomic E-state index is 0.0342. The number of aromatic nitrogens is 2. The molecule has 1 N–H and O–H groups in total. The van der Waals surface area contributed by atoms with E-state index in [1.54, 1.807) is 0 Å². The third kappa shape index (κ3) is 4.21. The highest BCUT2D eigenvalue weighted by Gasteiger charge is 2.71. The van der Waals surface area contributed by atoms with Crippen LogP contribution in [-0.4, -0.2) is 39.1 Å². The number of carbonyl (C=O) groups is 3. The molecule has 8 nitrogen and oxygen atoms in total. The van der Waals surface area contributed by atoms with Gasteiger partial charge in [0.05, 0.1) is 17.3 Å². The van der Waals surface area contributed by atoms with Crippen molar-refractivity contribution in [3.63, 3.8) is 0 Å². The lowest BCUT2D eigenvalue weighted by molar-refractivity contribution is -0.235. The average molecular weight is 663 g/mol. The van der Waals surface area contributed by atoms with Gasteiger partial charge in [0.2, 0.25) is 11.8 Å².